The summed E-state index contributed by atoms with van der Waals surface area (Å²) in [7, 11) is 0. The van der Waals surface area contributed by atoms with Gasteiger partial charge in [-0.2, -0.15) is 0 Å². The minimum Gasteiger partial charge on any atom is -0.477 e. The summed E-state index contributed by atoms with van der Waals surface area (Å²) in [5, 5.41) is 9.05. The fourth-order valence-electron chi connectivity index (χ4n) is 2.49. The van der Waals surface area contributed by atoms with Crippen LogP contribution < -0.4 is 0 Å². The Labute approximate surface area is 113 Å². The van der Waals surface area contributed by atoms with Crippen LogP contribution in [0.4, 0.5) is 0 Å². The summed E-state index contributed by atoms with van der Waals surface area (Å²) < 4.78 is 5.85. The number of rotatable bonds is 4. The monoisotopic (exact) mass is 263 g/mol. The van der Waals surface area contributed by atoms with Crippen molar-refractivity contribution >= 4 is 5.97 Å². The fourth-order valence-corrected chi connectivity index (χ4v) is 2.49. The second-order valence-electron chi connectivity index (χ2n) is 5.99. The van der Waals surface area contributed by atoms with Crippen LogP contribution in [0.1, 0.15) is 55.6 Å². The summed E-state index contributed by atoms with van der Waals surface area (Å²) in [6.07, 6.45) is 6.17. The van der Waals surface area contributed by atoms with Crippen LogP contribution >= 0.6 is 0 Å². The maximum absolute atomic E-state index is 11.0. The van der Waals surface area contributed by atoms with Gasteiger partial charge in [0.15, 0.2) is 5.69 Å². The van der Waals surface area contributed by atoms with Crippen LogP contribution in [0.2, 0.25) is 0 Å². The number of hydrogen-bond donors (Lipinski definition) is 1. The van der Waals surface area contributed by atoms with Crippen LogP contribution in [-0.4, -0.2) is 22.2 Å². The van der Waals surface area contributed by atoms with E-state index in [1.54, 1.807) is 12.1 Å². The van der Waals surface area contributed by atoms with Crippen molar-refractivity contribution in [2.75, 3.05) is 0 Å². The molecule has 0 atom stereocenters. The molecule has 1 aliphatic carbocycles. The molecule has 0 bridgehead atoms. The highest BCUT2D eigenvalue weighted by molar-refractivity contribution is 5.86. The van der Waals surface area contributed by atoms with E-state index in [0.717, 1.165) is 25.7 Å². The van der Waals surface area contributed by atoms with Crippen LogP contribution in [0.25, 0.3) is 0 Å². The smallest absolute Gasteiger partial charge is 0.354 e. The van der Waals surface area contributed by atoms with E-state index < -0.39 is 5.97 Å². The van der Waals surface area contributed by atoms with Crippen molar-refractivity contribution in [3.05, 3.63) is 29.6 Å². The summed E-state index contributed by atoms with van der Waals surface area (Å²) in [5.41, 5.74) is 1.17. The van der Waals surface area contributed by atoms with Crippen molar-refractivity contribution in [3.63, 3.8) is 0 Å². The van der Waals surface area contributed by atoms with Crippen LogP contribution in [0.3, 0.4) is 0 Å². The second kappa shape index (κ2) is 5.70. The van der Waals surface area contributed by atoms with Crippen LogP contribution in [-0.2, 0) is 11.3 Å². The maximum Gasteiger partial charge on any atom is 0.354 e. The molecule has 1 aromatic rings. The normalized spacial score (nSPS) is 19.3. The third-order valence-electron chi connectivity index (χ3n) is 3.85. The van der Waals surface area contributed by atoms with E-state index in [1.165, 1.54) is 6.20 Å². The Morgan fingerprint density at radius 1 is 1.47 bits per heavy atom. The maximum atomic E-state index is 11.0. The molecule has 1 fully saturated rings. The Kier molecular flexibility index (Phi) is 4.20. The van der Waals surface area contributed by atoms with Gasteiger partial charge in [0.1, 0.15) is 0 Å². The topological polar surface area (TPSA) is 59.4 Å². The summed E-state index contributed by atoms with van der Waals surface area (Å²) >= 11 is 0. The van der Waals surface area contributed by atoms with Crippen molar-refractivity contribution in [2.45, 2.75) is 52.2 Å². The average molecular weight is 263 g/mol. The molecule has 1 heterocycles. The molecule has 0 unspecified atom stereocenters. The quantitative estimate of drug-likeness (QED) is 0.905. The number of pyridine rings is 1. The van der Waals surface area contributed by atoms with E-state index in [-0.39, 0.29) is 11.8 Å². The molecular weight excluding hydrogens is 242 g/mol. The van der Waals surface area contributed by atoms with Gasteiger partial charge in [0.2, 0.25) is 0 Å². The van der Waals surface area contributed by atoms with Gasteiger partial charge < -0.3 is 9.84 Å². The number of carbonyl (C=O) groups is 1. The highest BCUT2D eigenvalue weighted by Crippen LogP contribution is 2.36. The Hall–Kier alpha value is -1.42. The zero-order chi connectivity index (χ0) is 13.9. The van der Waals surface area contributed by atoms with Crippen LogP contribution in [0, 0.1) is 5.41 Å². The van der Waals surface area contributed by atoms with Crippen molar-refractivity contribution in [1.29, 1.82) is 0 Å². The predicted molar refractivity (Wildman–Crippen MR) is 72.0 cm³/mol. The van der Waals surface area contributed by atoms with Crippen molar-refractivity contribution in [2.24, 2.45) is 5.41 Å². The van der Waals surface area contributed by atoms with Crippen molar-refractivity contribution in [1.82, 2.24) is 4.98 Å². The first-order valence-corrected chi connectivity index (χ1v) is 6.77. The predicted octanol–water partition coefficient (Wildman–Crippen LogP) is 3.27. The zero-order valence-corrected chi connectivity index (χ0v) is 11.6. The lowest BCUT2D eigenvalue weighted by Crippen LogP contribution is -2.26. The number of hydrogen-bond acceptors (Lipinski definition) is 3. The minimum atomic E-state index is -0.996. The molecule has 104 valence electrons. The molecule has 0 saturated heterocycles. The third kappa shape index (κ3) is 3.77. The van der Waals surface area contributed by atoms with Gasteiger partial charge in [0.05, 0.1) is 12.7 Å². The van der Waals surface area contributed by atoms with Crippen LogP contribution in [0.15, 0.2) is 18.3 Å². The van der Waals surface area contributed by atoms with Gasteiger partial charge in [0.25, 0.3) is 0 Å². The van der Waals surface area contributed by atoms with E-state index in [1.807, 2.05) is 0 Å². The first-order valence-electron chi connectivity index (χ1n) is 6.77. The molecule has 4 heteroatoms. The lowest BCUT2D eigenvalue weighted by molar-refractivity contribution is -0.00611. The van der Waals surface area contributed by atoms with E-state index in [9.17, 15) is 4.79 Å². The molecule has 0 spiro atoms. The van der Waals surface area contributed by atoms with Gasteiger partial charge in [-0.25, -0.2) is 9.78 Å². The number of ether oxygens (including phenoxy) is 1. The van der Waals surface area contributed by atoms with E-state index in [0.29, 0.717) is 17.6 Å². The highest BCUT2D eigenvalue weighted by Gasteiger charge is 2.27. The molecule has 4 nitrogen and oxygen atoms in total. The molecule has 2 rings (SSSR count). The first-order chi connectivity index (χ1) is 8.98. The Morgan fingerprint density at radius 3 is 2.79 bits per heavy atom. The molecule has 0 aliphatic heterocycles. The highest BCUT2D eigenvalue weighted by atomic mass is 16.5. The fraction of sp³-hybridized carbons (Fsp3) is 0.600. The molecule has 1 N–H and O–H groups in total. The second-order valence-corrected chi connectivity index (χ2v) is 5.99. The largest absolute Gasteiger partial charge is 0.477 e. The lowest BCUT2D eigenvalue weighted by Gasteiger charge is -2.34. The van der Waals surface area contributed by atoms with Gasteiger partial charge in [-0.05, 0) is 37.2 Å². The van der Waals surface area contributed by atoms with E-state index in [2.05, 4.69) is 18.8 Å². The third-order valence-corrected chi connectivity index (χ3v) is 3.85. The average Bonchev–Trinajstić information content (AvgIpc) is 2.38. The van der Waals surface area contributed by atoms with Crippen molar-refractivity contribution < 1.29 is 14.6 Å². The lowest BCUT2D eigenvalue weighted by atomic mass is 9.76. The number of carboxylic acids is 1. The number of aromatic nitrogens is 1. The Morgan fingerprint density at radius 2 is 2.16 bits per heavy atom. The summed E-state index contributed by atoms with van der Waals surface area (Å²) in [5.74, 6) is -0.996. The van der Waals surface area contributed by atoms with E-state index >= 15 is 0 Å². The number of nitrogens with zero attached hydrogens (tertiary/aromatic N) is 1. The summed E-state index contributed by atoms with van der Waals surface area (Å²) in [6.45, 7) is 4.90. The molecule has 0 aromatic carbocycles. The van der Waals surface area contributed by atoms with Gasteiger partial charge in [-0.15, -0.1) is 0 Å². The van der Waals surface area contributed by atoms with Crippen molar-refractivity contribution in [3.8, 4) is 0 Å². The zero-order valence-electron chi connectivity index (χ0n) is 11.6. The molecule has 0 radical (unpaired) electrons. The van der Waals surface area contributed by atoms with Gasteiger partial charge in [0, 0.05) is 11.8 Å². The summed E-state index contributed by atoms with van der Waals surface area (Å²) in [6, 6.07) is 3.51. The minimum absolute atomic E-state index is 0.0960. The molecule has 1 aromatic heterocycles. The number of carboxylic acid groups (broad SMARTS) is 1. The first kappa shape index (κ1) is 14.0. The van der Waals surface area contributed by atoms with Gasteiger partial charge in [-0.3, -0.25) is 0 Å². The SMILES string of the molecule is CC1(C)CCC(OCc2cccnc2C(=O)O)CC1. The molecule has 0 amide bonds. The number of aromatic carboxylic acids is 1. The Bertz CT molecular complexity index is 446. The van der Waals surface area contributed by atoms with E-state index in [4.69, 9.17) is 9.84 Å². The van der Waals surface area contributed by atoms with Gasteiger partial charge in [-0.1, -0.05) is 19.9 Å². The summed E-state index contributed by atoms with van der Waals surface area (Å²) in [4.78, 5) is 14.9. The molecule has 1 saturated carbocycles. The van der Waals surface area contributed by atoms with Crippen LogP contribution in [0.5, 0.6) is 0 Å². The standard InChI is InChI=1S/C15H21NO3/c1-15(2)7-5-12(6-8-15)19-10-11-4-3-9-16-13(11)14(17)18/h3-4,9,12H,5-8,10H2,1-2H3,(H,17,18). The molecule has 1 aliphatic rings. The molecule has 19 heavy (non-hydrogen) atoms. The Balaban J connectivity index is 1.91. The van der Waals surface area contributed by atoms with Gasteiger partial charge >= 0.3 is 5.97 Å². The molecular formula is C15H21NO3.